The zero-order valence-corrected chi connectivity index (χ0v) is 26.9. The lowest BCUT2D eigenvalue weighted by Gasteiger charge is -2.09. The van der Waals surface area contributed by atoms with E-state index in [0.29, 0.717) is 22.5 Å². The van der Waals surface area contributed by atoms with Gasteiger partial charge in [-0.1, -0.05) is 71.7 Å². The predicted molar refractivity (Wildman–Crippen MR) is 181 cm³/mol. The van der Waals surface area contributed by atoms with Crippen LogP contribution >= 0.6 is 23.2 Å². The summed E-state index contributed by atoms with van der Waals surface area (Å²) in [4.78, 5) is 25.5. The van der Waals surface area contributed by atoms with Crippen molar-refractivity contribution in [3.8, 4) is 11.1 Å². The van der Waals surface area contributed by atoms with Crippen molar-refractivity contribution < 1.29 is 19.8 Å². The topological polar surface area (TPSA) is 148 Å². The van der Waals surface area contributed by atoms with Crippen LogP contribution in [-0.2, 0) is 9.59 Å². The van der Waals surface area contributed by atoms with Gasteiger partial charge in [-0.2, -0.15) is 0 Å². The number of nitrogens with one attached hydrogen (secondary N) is 2. The van der Waals surface area contributed by atoms with Gasteiger partial charge in [0.25, 0.3) is 11.8 Å². The molecule has 0 heterocycles. The van der Waals surface area contributed by atoms with E-state index in [1.165, 1.54) is 13.8 Å². The molecule has 0 aliphatic heterocycles. The Morgan fingerprint density at radius 3 is 1.30 bits per heavy atom. The summed E-state index contributed by atoms with van der Waals surface area (Å²) in [6.07, 6.45) is 0. The van der Waals surface area contributed by atoms with Crippen LogP contribution in [0.3, 0.4) is 0 Å². The molecule has 4 aromatic carbocycles. The molecule has 0 fully saturated rings. The number of aliphatic hydroxyl groups excluding tert-OH is 2. The van der Waals surface area contributed by atoms with Crippen molar-refractivity contribution in [1.29, 1.82) is 0 Å². The van der Waals surface area contributed by atoms with Crippen LogP contribution in [0.1, 0.15) is 25.0 Å². The molecule has 4 aromatic rings. The molecule has 46 heavy (non-hydrogen) atoms. The number of nitrogens with zero attached hydrogens (tertiary/aromatic N) is 4. The van der Waals surface area contributed by atoms with Gasteiger partial charge < -0.3 is 20.8 Å². The van der Waals surface area contributed by atoms with E-state index in [-0.39, 0.29) is 44.3 Å². The highest BCUT2D eigenvalue weighted by atomic mass is 35.5. The molecule has 0 saturated heterocycles. The minimum Gasteiger partial charge on any atom is -0.510 e. The third kappa shape index (κ3) is 8.44. The van der Waals surface area contributed by atoms with Crippen LogP contribution in [0.25, 0.3) is 11.1 Å². The number of azo groups is 2. The van der Waals surface area contributed by atoms with Crippen molar-refractivity contribution in [2.45, 2.75) is 27.7 Å². The zero-order valence-electron chi connectivity index (χ0n) is 25.3. The molecular formula is C34H30Cl2N6O4. The van der Waals surface area contributed by atoms with E-state index in [4.69, 9.17) is 23.2 Å². The largest absolute Gasteiger partial charge is 0.510 e. The molecule has 0 unspecified atom stereocenters. The van der Waals surface area contributed by atoms with Crippen molar-refractivity contribution in [1.82, 2.24) is 0 Å². The highest BCUT2D eigenvalue weighted by Crippen LogP contribution is 2.35. The molecule has 234 valence electrons. The number of carbonyl (C=O) groups excluding carboxylic acids is 2. The van der Waals surface area contributed by atoms with E-state index < -0.39 is 11.8 Å². The molecular weight excluding hydrogens is 627 g/mol. The Morgan fingerprint density at radius 2 is 0.978 bits per heavy atom. The lowest BCUT2D eigenvalue weighted by Crippen LogP contribution is -2.15. The maximum Gasteiger partial charge on any atom is 0.279 e. The molecule has 0 aliphatic rings. The lowest BCUT2D eigenvalue weighted by molar-refractivity contribution is -0.113. The lowest BCUT2D eigenvalue weighted by atomic mass is 10.1. The van der Waals surface area contributed by atoms with E-state index in [1.807, 2.05) is 38.1 Å². The van der Waals surface area contributed by atoms with Gasteiger partial charge in [-0.3, -0.25) is 9.59 Å². The zero-order chi connectivity index (χ0) is 33.4. The summed E-state index contributed by atoms with van der Waals surface area (Å²) < 4.78 is 0. The quantitative estimate of drug-likeness (QED) is 0.0805. The molecule has 0 atom stereocenters. The highest BCUT2D eigenvalue weighted by Gasteiger charge is 2.16. The Morgan fingerprint density at radius 1 is 0.609 bits per heavy atom. The van der Waals surface area contributed by atoms with Gasteiger partial charge in [0.1, 0.15) is 22.9 Å². The standard InChI is InChI=1S/C34H30Cl2N6O4/c1-19-9-5-7-11-27(19)37-33(45)31(21(3)43)41-39-29-15-13-23(17-25(29)35)24-14-16-30(26(36)18-24)40-42-32(22(4)44)34(46)38-28-12-8-6-10-20(28)2/h5-18,43-44H,1-4H3,(H,37,45)(H,38,46)/b31-21-,32-22+,41-39?,42-40?. The molecule has 0 saturated carbocycles. The summed E-state index contributed by atoms with van der Waals surface area (Å²) >= 11 is 13.0. The molecule has 2 amide bonds. The van der Waals surface area contributed by atoms with Gasteiger partial charge >= 0.3 is 0 Å². The van der Waals surface area contributed by atoms with Gasteiger partial charge in [-0.25, -0.2) is 0 Å². The molecule has 4 rings (SSSR count). The highest BCUT2D eigenvalue weighted by molar-refractivity contribution is 6.34. The van der Waals surface area contributed by atoms with Crippen molar-refractivity contribution in [3.05, 3.63) is 129 Å². The molecule has 0 radical (unpaired) electrons. The number of halogens is 2. The minimum atomic E-state index is -0.624. The molecule has 0 aromatic heterocycles. The number of para-hydroxylation sites is 2. The number of amides is 2. The smallest absolute Gasteiger partial charge is 0.279 e. The van der Waals surface area contributed by atoms with E-state index >= 15 is 0 Å². The normalized spacial score (nSPS) is 12.6. The van der Waals surface area contributed by atoms with Crippen molar-refractivity contribution in [3.63, 3.8) is 0 Å². The minimum absolute atomic E-state index is 0.239. The van der Waals surface area contributed by atoms with Crippen LogP contribution < -0.4 is 10.6 Å². The van der Waals surface area contributed by atoms with Gasteiger partial charge in [0.15, 0.2) is 11.4 Å². The summed E-state index contributed by atoms with van der Waals surface area (Å²) in [5.74, 6) is -1.86. The summed E-state index contributed by atoms with van der Waals surface area (Å²) in [5.41, 5.74) is 4.28. The molecule has 0 spiro atoms. The number of hydrogen-bond acceptors (Lipinski definition) is 8. The number of hydrogen-bond donors (Lipinski definition) is 4. The van der Waals surface area contributed by atoms with E-state index in [9.17, 15) is 19.8 Å². The third-order valence-electron chi connectivity index (χ3n) is 6.65. The van der Waals surface area contributed by atoms with Crippen LogP contribution in [0.4, 0.5) is 22.7 Å². The second-order valence-corrected chi connectivity index (χ2v) is 11.0. The van der Waals surface area contributed by atoms with E-state index in [1.54, 1.807) is 60.7 Å². The monoisotopic (exact) mass is 656 g/mol. The first-order valence-electron chi connectivity index (χ1n) is 13.9. The maximum atomic E-state index is 12.8. The van der Waals surface area contributed by atoms with Crippen LogP contribution in [0.15, 0.2) is 128 Å². The van der Waals surface area contributed by atoms with Crippen LogP contribution in [-0.4, -0.2) is 22.0 Å². The van der Waals surface area contributed by atoms with E-state index in [0.717, 1.165) is 11.1 Å². The Labute approximate surface area is 275 Å². The van der Waals surface area contributed by atoms with Gasteiger partial charge in [0.2, 0.25) is 0 Å². The van der Waals surface area contributed by atoms with Gasteiger partial charge in [-0.15, -0.1) is 20.5 Å². The number of aryl methyl sites for hydroxylation is 2. The summed E-state index contributed by atoms with van der Waals surface area (Å²) in [6.45, 7) is 6.37. The van der Waals surface area contributed by atoms with Crippen molar-refractivity contribution >= 4 is 57.8 Å². The second kappa shape index (κ2) is 15.1. The fourth-order valence-corrected chi connectivity index (χ4v) is 4.53. The number of anilines is 2. The predicted octanol–water partition coefficient (Wildman–Crippen LogP) is 10.3. The third-order valence-corrected chi connectivity index (χ3v) is 7.25. The van der Waals surface area contributed by atoms with Crippen LogP contribution in [0.2, 0.25) is 10.0 Å². The Hall–Kier alpha value is -5.32. The summed E-state index contributed by atoms with van der Waals surface area (Å²) in [5, 5.41) is 42.2. The Bertz CT molecular complexity index is 1790. The van der Waals surface area contributed by atoms with Crippen LogP contribution in [0, 0.1) is 13.8 Å². The molecule has 0 bridgehead atoms. The number of aliphatic hydroxyl groups is 2. The average molecular weight is 658 g/mol. The van der Waals surface area contributed by atoms with Gasteiger partial charge in [0, 0.05) is 11.4 Å². The first-order valence-corrected chi connectivity index (χ1v) is 14.7. The van der Waals surface area contributed by atoms with Gasteiger partial charge in [0.05, 0.1) is 10.0 Å². The van der Waals surface area contributed by atoms with E-state index in [2.05, 4.69) is 31.1 Å². The SMILES string of the molecule is C/C(O)=C(/N=Nc1ccc(-c2ccc(N=N/C(C(=O)Nc3ccccc3C)=C(\C)O)c(Cl)c2)cc1Cl)C(=O)Nc1ccccc1C. The van der Waals surface area contributed by atoms with Gasteiger partial charge in [-0.05, 0) is 86.3 Å². The average Bonchev–Trinajstić information content (AvgIpc) is 3.00. The fourth-order valence-electron chi connectivity index (χ4n) is 4.10. The number of allylic oxidation sites excluding steroid dienone is 2. The number of rotatable bonds is 9. The van der Waals surface area contributed by atoms with Crippen LogP contribution in [0.5, 0.6) is 0 Å². The Kier molecular flexibility index (Phi) is 11.0. The first-order chi connectivity index (χ1) is 21.9. The van der Waals surface area contributed by atoms with Crippen molar-refractivity contribution in [2.75, 3.05) is 10.6 Å². The summed E-state index contributed by atoms with van der Waals surface area (Å²) in [7, 11) is 0. The molecule has 4 N–H and O–H groups in total. The molecule has 10 nitrogen and oxygen atoms in total. The first kappa shape index (κ1) is 33.6. The maximum absolute atomic E-state index is 12.8. The molecule has 12 heteroatoms. The Balaban J connectivity index is 1.49. The number of carbonyl (C=O) groups is 2. The second-order valence-electron chi connectivity index (χ2n) is 10.1. The molecule has 0 aliphatic carbocycles. The fraction of sp³-hybridized carbons (Fsp3) is 0.118. The summed E-state index contributed by atoms with van der Waals surface area (Å²) in [6, 6.07) is 24.4. The van der Waals surface area contributed by atoms with Crippen molar-refractivity contribution in [2.24, 2.45) is 20.5 Å². The number of benzene rings is 4.